The van der Waals surface area contributed by atoms with E-state index in [-0.39, 0.29) is 5.60 Å². The summed E-state index contributed by atoms with van der Waals surface area (Å²) in [6.45, 7) is 7.93. The van der Waals surface area contributed by atoms with E-state index >= 15 is 0 Å². The van der Waals surface area contributed by atoms with E-state index in [0.29, 0.717) is 0 Å². The van der Waals surface area contributed by atoms with Crippen LogP contribution in [0.1, 0.15) is 26.7 Å². The first-order chi connectivity index (χ1) is 7.57. The van der Waals surface area contributed by atoms with Gasteiger partial charge in [-0.2, -0.15) is 0 Å². The predicted octanol–water partition coefficient (Wildman–Crippen LogP) is 1.08. The van der Waals surface area contributed by atoms with Gasteiger partial charge in [0, 0.05) is 20.1 Å². The lowest BCUT2D eigenvalue weighted by molar-refractivity contribution is -0.0193. The van der Waals surface area contributed by atoms with Crippen LogP contribution in [0.4, 0.5) is 0 Å². The number of nitrogens with one attached hydrogen (secondary N) is 1. The second-order valence-corrected chi connectivity index (χ2v) is 5.49. The fraction of sp³-hybridized carbons (Fsp3) is 0.917. The zero-order valence-corrected chi connectivity index (χ0v) is 10.6. The average molecular weight is 225 g/mol. The SMILES string of the molecule is CN1CCN=C1NCC(C)(C)OCC1CC1. The van der Waals surface area contributed by atoms with Gasteiger partial charge in [-0.15, -0.1) is 0 Å². The summed E-state index contributed by atoms with van der Waals surface area (Å²) in [7, 11) is 2.07. The van der Waals surface area contributed by atoms with Crippen LogP contribution in [-0.4, -0.2) is 49.7 Å². The van der Waals surface area contributed by atoms with Crippen LogP contribution >= 0.6 is 0 Å². The monoisotopic (exact) mass is 225 g/mol. The number of nitrogens with zero attached hydrogens (tertiary/aromatic N) is 2. The van der Waals surface area contributed by atoms with Crippen molar-refractivity contribution in [3.05, 3.63) is 0 Å². The Labute approximate surface area is 98.1 Å². The standard InChI is InChI=1S/C12H23N3O/c1-12(2,16-8-10-4-5-10)9-14-11-13-6-7-15(11)3/h10H,4-9H2,1-3H3,(H,13,14). The zero-order chi connectivity index (χ0) is 11.6. The number of ether oxygens (including phenoxy) is 1. The lowest BCUT2D eigenvalue weighted by Gasteiger charge is -2.27. The molecule has 1 aliphatic heterocycles. The number of rotatable bonds is 5. The maximum Gasteiger partial charge on any atom is 0.193 e. The van der Waals surface area contributed by atoms with Crippen LogP contribution < -0.4 is 5.32 Å². The van der Waals surface area contributed by atoms with Crippen LogP contribution in [0.15, 0.2) is 4.99 Å². The lowest BCUT2D eigenvalue weighted by Crippen LogP contribution is -2.44. The van der Waals surface area contributed by atoms with Gasteiger partial charge in [0.05, 0.1) is 18.8 Å². The summed E-state index contributed by atoms with van der Waals surface area (Å²) in [6, 6.07) is 0. The molecule has 4 nitrogen and oxygen atoms in total. The highest BCUT2D eigenvalue weighted by Crippen LogP contribution is 2.30. The minimum absolute atomic E-state index is 0.103. The number of hydrogen-bond donors (Lipinski definition) is 1. The summed E-state index contributed by atoms with van der Waals surface area (Å²) >= 11 is 0. The van der Waals surface area contributed by atoms with Crippen molar-refractivity contribution in [1.29, 1.82) is 0 Å². The lowest BCUT2D eigenvalue weighted by atomic mass is 10.1. The summed E-state index contributed by atoms with van der Waals surface area (Å²) in [5.41, 5.74) is -0.103. The van der Waals surface area contributed by atoms with E-state index in [9.17, 15) is 0 Å². The Kier molecular flexibility index (Phi) is 3.38. The molecule has 92 valence electrons. The van der Waals surface area contributed by atoms with Gasteiger partial charge in [-0.1, -0.05) is 0 Å². The van der Waals surface area contributed by atoms with E-state index in [1.165, 1.54) is 12.8 Å². The van der Waals surface area contributed by atoms with E-state index in [1.54, 1.807) is 0 Å². The molecule has 0 amide bonds. The summed E-state index contributed by atoms with van der Waals surface area (Å²) < 4.78 is 5.91. The van der Waals surface area contributed by atoms with E-state index in [1.807, 2.05) is 0 Å². The molecule has 4 heteroatoms. The molecule has 2 aliphatic rings. The Bertz CT molecular complexity index is 271. The van der Waals surface area contributed by atoms with Gasteiger partial charge in [0.15, 0.2) is 5.96 Å². The molecule has 0 atom stereocenters. The Morgan fingerprint density at radius 3 is 2.81 bits per heavy atom. The van der Waals surface area contributed by atoms with Gasteiger partial charge in [-0.25, -0.2) is 0 Å². The van der Waals surface area contributed by atoms with E-state index in [0.717, 1.165) is 38.1 Å². The Morgan fingerprint density at radius 1 is 1.50 bits per heavy atom. The van der Waals surface area contributed by atoms with Crippen molar-refractivity contribution in [2.24, 2.45) is 10.9 Å². The van der Waals surface area contributed by atoms with Crippen LogP contribution in [0.3, 0.4) is 0 Å². The first kappa shape index (κ1) is 11.7. The molecular weight excluding hydrogens is 202 g/mol. The van der Waals surface area contributed by atoms with Gasteiger partial charge in [-0.05, 0) is 32.6 Å². The smallest absolute Gasteiger partial charge is 0.193 e. The van der Waals surface area contributed by atoms with Crippen LogP contribution in [0.5, 0.6) is 0 Å². The molecule has 1 saturated carbocycles. The second-order valence-electron chi connectivity index (χ2n) is 5.49. The molecule has 1 fully saturated rings. The van der Waals surface area contributed by atoms with Gasteiger partial charge in [0.2, 0.25) is 0 Å². The van der Waals surface area contributed by atoms with Crippen molar-refractivity contribution in [2.45, 2.75) is 32.3 Å². The summed E-state index contributed by atoms with van der Waals surface area (Å²) in [5, 5.41) is 3.37. The Morgan fingerprint density at radius 2 is 2.25 bits per heavy atom. The molecule has 16 heavy (non-hydrogen) atoms. The average Bonchev–Trinajstić information content (AvgIpc) is 2.97. The van der Waals surface area contributed by atoms with E-state index in [4.69, 9.17) is 4.74 Å². The van der Waals surface area contributed by atoms with E-state index in [2.05, 4.69) is 36.1 Å². The molecule has 2 rings (SSSR count). The van der Waals surface area contributed by atoms with Gasteiger partial charge < -0.3 is 15.0 Å². The Hall–Kier alpha value is -0.770. The number of guanidine groups is 1. The molecule has 0 spiro atoms. The number of aliphatic imine (C=N–C) groups is 1. The molecule has 1 heterocycles. The topological polar surface area (TPSA) is 36.9 Å². The van der Waals surface area contributed by atoms with Gasteiger partial charge >= 0.3 is 0 Å². The van der Waals surface area contributed by atoms with E-state index < -0.39 is 0 Å². The maximum absolute atomic E-state index is 5.91. The maximum atomic E-state index is 5.91. The molecule has 0 aromatic carbocycles. The molecular formula is C12H23N3O. The first-order valence-electron chi connectivity index (χ1n) is 6.20. The first-order valence-corrected chi connectivity index (χ1v) is 6.20. The molecule has 0 saturated heterocycles. The highest BCUT2D eigenvalue weighted by molar-refractivity contribution is 5.81. The molecule has 1 N–H and O–H groups in total. The third kappa shape index (κ3) is 3.37. The largest absolute Gasteiger partial charge is 0.373 e. The zero-order valence-electron chi connectivity index (χ0n) is 10.6. The minimum Gasteiger partial charge on any atom is -0.373 e. The van der Waals surface area contributed by atoms with Gasteiger partial charge in [-0.3, -0.25) is 4.99 Å². The minimum atomic E-state index is -0.103. The predicted molar refractivity (Wildman–Crippen MR) is 65.7 cm³/mol. The third-order valence-corrected chi connectivity index (χ3v) is 3.14. The molecule has 0 bridgehead atoms. The summed E-state index contributed by atoms with van der Waals surface area (Å²) in [5.74, 6) is 1.83. The highest BCUT2D eigenvalue weighted by atomic mass is 16.5. The summed E-state index contributed by atoms with van der Waals surface area (Å²) in [4.78, 5) is 6.55. The fourth-order valence-corrected chi connectivity index (χ4v) is 1.69. The van der Waals surface area contributed by atoms with Crippen molar-refractivity contribution in [1.82, 2.24) is 10.2 Å². The molecule has 0 aromatic heterocycles. The van der Waals surface area contributed by atoms with Crippen molar-refractivity contribution >= 4 is 5.96 Å². The molecule has 0 aromatic rings. The highest BCUT2D eigenvalue weighted by Gasteiger charge is 2.27. The van der Waals surface area contributed by atoms with Gasteiger partial charge in [0.1, 0.15) is 0 Å². The second kappa shape index (κ2) is 4.62. The van der Waals surface area contributed by atoms with Crippen LogP contribution in [0.2, 0.25) is 0 Å². The van der Waals surface area contributed by atoms with Crippen LogP contribution in [0, 0.1) is 5.92 Å². The third-order valence-electron chi connectivity index (χ3n) is 3.14. The van der Waals surface area contributed by atoms with Gasteiger partial charge in [0.25, 0.3) is 0 Å². The summed E-state index contributed by atoms with van der Waals surface area (Å²) in [6.07, 6.45) is 2.69. The van der Waals surface area contributed by atoms with Crippen molar-refractivity contribution in [3.8, 4) is 0 Å². The van der Waals surface area contributed by atoms with Crippen molar-refractivity contribution < 1.29 is 4.74 Å². The molecule has 0 radical (unpaired) electrons. The number of hydrogen-bond acceptors (Lipinski definition) is 4. The Balaban J connectivity index is 1.70. The van der Waals surface area contributed by atoms with Crippen molar-refractivity contribution in [3.63, 3.8) is 0 Å². The fourth-order valence-electron chi connectivity index (χ4n) is 1.69. The normalized spacial score (nSPS) is 21.2. The molecule has 0 unspecified atom stereocenters. The quantitative estimate of drug-likeness (QED) is 0.761. The molecule has 1 aliphatic carbocycles. The van der Waals surface area contributed by atoms with Crippen LogP contribution in [-0.2, 0) is 4.74 Å². The number of likely N-dealkylation sites (N-methyl/N-ethyl adjacent to an activating group) is 1. The van der Waals surface area contributed by atoms with Crippen molar-refractivity contribution in [2.75, 3.05) is 33.3 Å². The van der Waals surface area contributed by atoms with Crippen LogP contribution in [0.25, 0.3) is 0 Å².